The van der Waals surface area contributed by atoms with Crippen molar-refractivity contribution in [1.82, 2.24) is 19.9 Å². The van der Waals surface area contributed by atoms with Gasteiger partial charge >= 0.3 is 0 Å². The molecule has 1 saturated heterocycles. The number of fused-ring (bicyclic) bond motifs is 1. The molecule has 4 rings (SSSR count). The second-order valence-corrected chi connectivity index (χ2v) is 8.12. The third-order valence-electron chi connectivity index (χ3n) is 5.16. The number of carbonyl (C=O) groups excluding carboxylic acids is 1. The number of thiazole rings is 1. The van der Waals surface area contributed by atoms with Gasteiger partial charge in [-0.05, 0) is 45.1 Å². The maximum atomic E-state index is 12.6. The minimum atomic E-state index is 0.167. The van der Waals surface area contributed by atoms with Gasteiger partial charge < -0.3 is 10.2 Å². The molecule has 3 aromatic rings. The number of anilines is 1. The molecule has 6 nitrogen and oxygen atoms in total. The molecule has 1 aliphatic heterocycles. The lowest BCUT2D eigenvalue weighted by atomic mass is 9.90. The Hall–Kier alpha value is -2.38. The van der Waals surface area contributed by atoms with Crippen LogP contribution < -0.4 is 5.32 Å². The highest BCUT2D eigenvalue weighted by Gasteiger charge is 2.23. The Morgan fingerprint density at radius 1 is 1.19 bits per heavy atom. The molecule has 0 aliphatic carbocycles. The number of pyridine rings is 2. The number of carbonyl (C=O) groups is 1. The van der Waals surface area contributed by atoms with E-state index >= 15 is 0 Å². The molecule has 0 saturated carbocycles. The maximum absolute atomic E-state index is 12.6. The smallest absolute Gasteiger partial charge is 0.182 e. The summed E-state index contributed by atoms with van der Waals surface area (Å²) in [5, 5.41) is 4.94. The third-order valence-corrected chi connectivity index (χ3v) is 6.22. The molecule has 140 valence electrons. The van der Waals surface area contributed by atoms with Crippen molar-refractivity contribution >= 4 is 33.2 Å². The Morgan fingerprint density at radius 3 is 2.74 bits per heavy atom. The first-order chi connectivity index (χ1) is 13.1. The van der Waals surface area contributed by atoms with Gasteiger partial charge in [-0.3, -0.25) is 14.8 Å². The largest absolute Gasteiger partial charge is 0.365 e. The predicted octanol–water partition coefficient (Wildman–Crippen LogP) is 3.25. The summed E-state index contributed by atoms with van der Waals surface area (Å²) in [6.45, 7) is 2.00. The van der Waals surface area contributed by atoms with E-state index in [-0.39, 0.29) is 5.92 Å². The predicted molar refractivity (Wildman–Crippen MR) is 109 cm³/mol. The van der Waals surface area contributed by atoms with Crippen molar-refractivity contribution in [3.05, 3.63) is 36.4 Å². The highest BCUT2D eigenvalue weighted by molar-refractivity contribution is 7.18. The number of hydrogen-bond donors (Lipinski definition) is 1. The van der Waals surface area contributed by atoms with E-state index in [1.807, 2.05) is 25.5 Å². The number of hydrogen-bond acceptors (Lipinski definition) is 7. The van der Waals surface area contributed by atoms with Crippen molar-refractivity contribution in [3.63, 3.8) is 0 Å². The first-order valence-electron chi connectivity index (χ1n) is 9.22. The van der Waals surface area contributed by atoms with Gasteiger partial charge in [-0.25, -0.2) is 4.98 Å². The number of Topliss-reactive ketones (excluding diaryl/α,β-unsaturated/α-hetero) is 1. The molecule has 0 unspecified atom stereocenters. The summed E-state index contributed by atoms with van der Waals surface area (Å²) in [6.07, 6.45) is 7.77. The van der Waals surface area contributed by atoms with Crippen LogP contribution in [0.5, 0.6) is 0 Å². The van der Waals surface area contributed by atoms with Gasteiger partial charge in [-0.15, -0.1) is 0 Å². The highest BCUT2D eigenvalue weighted by atomic mass is 32.1. The van der Waals surface area contributed by atoms with E-state index < -0.39 is 0 Å². The second-order valence-electron chi connectivity index (χ2n) is 7.09. The summed E-state index contributed by atoms with van der Waals surface area (Å²) >= 11 is 1.59. The topological polar surface area (TPSA) is 71.0 Å². The minimum Gasteiger partial charge on any atom is -0.365 e. The molecule has 1 fully saturated rings. The number of nitrogens with one attached hydrogen (secondary N) is 1. The molecule has 0 atom stereocenters. The molecule has 1 aliphatic rings. The van der Waals surface area contributed by atoms with Crippen LogP contribution in [-0.2, 0) is 11.2 Å². The molecule has 4 heterocycles. The van der Waals surface area contributed by atoms with Gasteiger partial charge in [0.25, 0.3) is 0 Å². The minimum absolute atomic E-state index is 0.167. The van der Waals surface area contributed by atoms with E-state index in [4.69, 9.17) is 0 Å². The van der Waals surface area contributed by atoms with Crippen LogP contribution in [0.3, 0.4) is 0 Å². The molecule has 7 heteroatoms. The number of aromatic nitrogens is 3. The molecule has 0 amide bonds. The number of nitrogens with zero attached hydrogens (tertiary/aromatic N) is 4. The van der Waals surface area contributed by atoms with E-state index in [1.165, 1.54) is 0 Å². The SMILES string of the molecule is CNc1ncc(-c2cnc3cnc(CC(=O)C4CCN(C)CC4)cc3c2)s1. The molecule has 1 N–H and O–H groups in total. The standard InChI is InChI=1S/C20H23N5OS/c1-21-20-24-12-19(27-20)15-7-14-8-16(22-11-17(14)23-10-15)9-18(26)13-3-5-25(2)6-4-13/h7-8,10-13H,3-6,9H2,1-2H3,(H,21,24). The van der Waals surface area contributed by atoms with Crippen molar-refractivity contribution < 1.29 is 4.79 Å². The van der Waals surface area contributed by atoms with E-state index in [0.717, 1.165) is 58.1 Å². The van der Waals surface area contributed by atoms with Crippen LogP contribution in [0, 0.1) is 5.92 Å². The lowest BCUT2D eigenvalue weighted by Crippen LogP contribution is -2.34. The van der Waals surface area contributed by atoms with Crippen molar-refractivity contribution in [2.45, 2.75) is 19.3 Å². The van der Waals surface area contributed by atoms with Crippen molar-refractivity contribution in [2.75, 3.05) is 32.5 Å². The van der Waals surface area contributed by atoms with Crippen LogP contribution in [0.25, 0.3) is 21.3 Å². The van der Waals surface area contributed by atoms with Gasteiger partial charge in [0.05, 0.1) is 16.6 Å². The van der Waals surface area contributed by atoms with Crippen molar-refractivity contribution in [3.8, 4) is 10.4 Å². The Labute approximate surface area is 162 Å². The molecule has 0 radical (unpaired) electrons. The lowest BCUT2D eigenvalue weighted by Gasteiger charge is -2.27. The van der Waals surface area contributed by atoms with Gasteiger partial charge in [-0.1, -0.05) is 11.3 Å². The normalized spacial score (nSPS) is 15.9. The van der Waals surface area contributed by atoms with Gasteiger partial charge in [-0.2, -0.15) is 0 Å². The van der Waals surface area contributed by atoms with Gasteiger partial charge in [0.2, 0.25) is 0 Å². The average molecular weight is 382 g/mol. The van der Waals surface area contributed by atoms with E-state index in [2.05, 4.69) is 38.3 Å². The van der Waals surface area contributed by atoms with Crippen molar-refractivity contribution in [1.29, 1.82) is 0 Å². The number of likely N-dealkylation sites (tertiary alicyclic amines) is 1. The number of ketones is 1. The molecule has 27 heavy (non-hydrogen) atoms. The zero-order chi connectivity index (χ0) is 18.8. The molecule has 3 aromatic heterocycles. The molecule has 0 aromatic carbocycles. The van der Waals surface area contributed by atoms with Gasteiger partial charge in [0, 0.05) is 48.4 Å². The number of piperidine rings is 1. The van der Waals surface area contributed by atoms with Crippen LogP contribution in [0.15, 0.2) is 30.7 Å². The van der Waals surface area contributed by atoms with Crippen LogP contribution in [0.2, 0.25) is 0 Å². The second kappa shape index (κ2) is 7.70. The summed E-state index contributed by atoms with van der Waals surface area (Å²) < 4.78 is 0. The Bertz CT molecular complexity index is 962. The first-order valence-corrected chi connectivity index (χ1v) is 10.0. The van der Waals surface area contributed by atoms with Crippen LogP contribution >= 0.6 is 11.3 Å². The summed E-state index contributed by atoms with van der Waals surface area (Å²) in [4.78, 5) is 29.3. The van der Waals surface area contributed by atoms with Crippen LogP contribution in [-0.4, -0.2) is 52.8 Å². The van der Waals surface area contributed by atoms with Gasteiger partial charge in [0.15, 0.2) is 5.13 Å². The summed E-state index contributed by atoms with van der Waals surface area (Å²) in [7, 11) is 3.97. The summed E-state index contributed by atoms with van der Waals surface area (Å²) in [5.41, 5.74) is 2.69. The average Bonchev–Trinajstić information content (AvgIpc) is 3.17. The fourth-order valence-corrected chi connectivity index (χ4v) is 4.24. The first kappa shape index (κ1) is 18.0. The Balaban J connectivity index is 1.54. The van der Waals surface area contributed by atoms with Crippen molar-refractivity contribution in [2.24, 2.45) is 5.92 Å². The van der Waals surface area contributed by atoms with E-state index in [9.17, 15) is 4.79 Å². The maximum Gasteiger partial charge on any atom is 0.182 e. The zero-order valence-electron chi connectivity index (χ0n) is 15.6. The van der Waals surface area contributed by atoms with Crippen LogP contribution in [0.4, 0.5) is 5.13 Å². The Morgan fingerprint density at radius 2 is 2.00 bits per heavy atom. The summed E-state index contributed by atoms with van der Waals surface area (Å²) in [6, 6.07) is 4.10. The van der Waals surface area contributed by atoms with E-state index in [1.54, 1.807) is 17.5 Å². The molecule has 0 bridgehead atoms. The Kier molecular flexibility index (Phi) is 5.13. The lowest BCUT2D eigenvalue weighted by molar-refractivity contribution is -0.123. The summed E-state index contributed by atoms with van der Waals surface area (Å²) in [5.74, 6) is 0.473. The zero-order valence-corrected chi connectivity index (χ0v) is 16.4. The number of rotatable bonds is 5. The highest BCUT2D eigenvalue weighted by Crippen LogP contribution is 2.30. The third kappa shape index (κ3) is 3.99. The van der Waals surface area contributed by atoms with Gasteiger partial charge in [0.1, 0.15) is 5.78 Å². The van der Waals surface area contributed by atoms with Crippen LogP contribution in [0.1, 0.15) is 18.5 Å². The fraction of sp³-hybridized carbons (Fsp3) is 0.400. The molecular weight excluding hydrogens is 358 g/mol. The monoisotopic (exact) mass is 381 g/mol. The van der Waals surface area contributed by atoms with E-state index in [0.29, 0.717) is 12.2 Å². The molecule has 0 spiro atoms. The fourth-order valence-electron chi connectivity index (χ4n) is 3.48. The molecular formula is C20H23N5OS. The quantitative estimate of drug-likeness (QED) is 0.732.